The van der Waals surface area contributed by atoms with Gasteiger partial charge in [-0.1, -0.05) is 24.4 Å². The van der Waals surface area contributed by atoms with Crippen LogP contribution in [0, 0.1) is 5.92 Å². The summed E-state index contributed by atoms with van der Waals surface area (Å²) in [6, 6.07) is 2.03. The molecule has 0 unspecified atom stereocenters. The topological polar surface area (TPSA) is 75.4 Å². The zero-order chi connectivity index (χ0) is 18.8. The van der Waals surface area contributed by atoms with Gasteiger partial charge in [-0.15, -0.1) is 0 Å². The van der Waals surface area contributed by atoms with Crippen molar-refractivity contribution in [2.75, 3.05) is 6.54 Å². The standard InChI is InChI=1S/C21H31N3O3/c1-14-11-17(22-21(26)18-13-19(27-23-18)16-7-8-16)9-10-24(14)20(25)12-15-5-3-2-4-6-15/h13-17H,2-12H2,1H3,(H,22,26)/t14-,17+/m1/s1. The Hall–Kier alpha value is -1.85. The van der Waals surface area contributed by atoms with Gasteiger partial charge in [0.05, 0.1) is 0 Å². The van der Waals surface area contributed by atoms with Gasteiger partial charge in [0, 0.05) is 37.0 Å². The lowest BCUT2D eigenvalue weighted by Crippen LogP contribution is -2.51. The molecule has 0 aromatic carbocycles. The summed E-state index contributed by atoms with van der Waals surface area (Å²) in [6.07, 6.45) is 10.8. The molecule has 0 radical (unpaired) electrons. The summed E-state index contributed by atoms with van der Waals surface area (Å²) in [5.74, 6) is 1.99. The molecule has 6 heteroatoms. The van der Waals surface area contributed by atoms with Crippen LogP contribution >= 0.6 is 0 Å². The minimum absolute atomic E-state index is 0.0901. The van der Waals surface area contributed by atoms with Gasteiger partial charge < -0.3 is 14.7 Å². The Bertz CT molecular complexity index is 676. The van der Waals surface area contributed by atoms with E-state index in [2.05, 4.69) is 17.4 Å². The number of aromatic nitrogens is 1. The SMILES string of the molecule is C[C@@H]1C[C@@H](NC(=O)c2cc(C3CC3)on2)CCN1C(=O)CC1CCCCC1. The van der Waals surface area contributed by atoms with Crippen LogP contribution in [0.2, 0.25) is 0 Å². The molecule has 0 spiro atoms. The van der Waals surface area contributed by atoms with E-state index in [1.807, 2.05) is 4.90 Å². The summed E-state index contributed by atoms with van der Waals surface area (Å²) in [5.41, 5.74) is 0.375. The molecular weight excluding hydrogens is 342 g/mol. The zero-order valence-corrected chi connectivity index (χ0v) is 16.3. The Labute approximate surface area is 161 Å². The van der Waals surface area contributed by atoms with Crippen LogP contribution in [-0.2, 0) is 4.79 Å². The fourth-order valence-electron chi connectivity index (χ4n) is 4.65. The van der Waals surface area contributed by atoms with Gasteiger partial charge in [0.25, 0.3) is 5.91 Å². The molecule has 148 valence electrons. The highest BCUT2D eigenvalue weighted by Crippen LogP contribution is 2.40. The molecule has 2 atom stereocenters. The lowest BCUT2D eigenvalue weighted by atomic mass is 9.86. The highest BCUT2D eigenvalue weighted by Gasteiger charge is 2.32. The van der Waals surface area contributed by atoms with Crippen LogP contribution in [0.5, 0.6) is 0 Å². The molecule has 1 aromatic heterocycles. The molecule has 2 aliphatic carbocycles. The summed E-state index contributed by atoms with van der Waals surface area (Å²) in [6.45, 7) is 2.82. The van der Waals surface area contributed by atoms with Gasteiger partial charge in [0.2, 0.25) is 5.91 Å². The quantitative estimate of drug-likeness (QED) is 0.855. The first-order valence-electron chi connectivity index (χ1n) is 10.7. The molecular formula is C21H31N3O3. The van der Waals surface area contributed by atoms with Crippen LogP contribution in [0.3, 0.4) is 0 Å². The van der Waals surface area contributed by atoms with Gasteiger partial charge in [-0.2, -0.15) is 0 Å². The highest BCUT2D eigenvalue weighted by molar-refractivity contribution is 5.92. The van der Waals surface area contributed by atoms with Crippen molar-refractivity contribution in [1.29, 1.82) is 0 Å². The van der Waals surface area contributed by atoms with Gasteiger partial charge in [-0.05, 0) is 51.4 Å². The number of nitrogens with one attached hydrogen (secondary N) is 1. The number of amides is 2. The molecule has 3 fully saturated rings. The number of carbonyl (C=O) groups is 2. The molecule has 1 aliphatic heterocycles. The Balaban J connectivity index is 1.26. The highest BCUT2D eigenvalue weighted by atomic mass is 16.5. The molecule has 3 aliphatic rings. The molecule has 27 heavy (non-hydrogen) atoms. The fourth-order valence-corrected chi connectivity index (χ4v) is 4.65. The van der Waals surface area contributed by atoms with Gasteiger partial charge in [0.1, 0.15) is 5.76 Å². The van der Waals surface area contributed by atoms with E-state index in [0.717, 1.165) is 38.0 Å². The maximum atomic E-state index is 12.7. The molecule has 2 amide bonds. The smallest absolute Gasteiger partial charge is 0.273 e. The van der Waals surface area contributed by atoms with Crippen molar-refractivity contribution in [2.45, 2.75) is 89.1 Å². The molecule has 1 aromatic rings. The van der Waals surface area contributed by atoms with Crippen molar-refractivity contribution in [1.82, 2.24) is 15.4 Å². The number of hydrogen-bond acceptors (Lipinski definition) is 4. The minimum atomic E-state index is -0.162. The number of hydrogen-bond donors (Lipinski definition) is 1. The minimum Gasteiger partial charge on any atom is -0.360 e. The van der Waals surface area contributed by atoms with Crippen molar-refractivity contribution < 1.29 is 14.1 Å². The average Bonchev–Trinajstić information content (AvgIpc) is 3.39. The van der Waals surface area contributed by atoms with Crippen LogP contribution in [0.4, 0.5) is 0 Å². The number of nitrogens with zero attached hydrogens (tertiary/aromatic N) is 2. The van der Waals surface area contributed by atoms with Crippen molar-refractivity contribution in [3.05, 3.63) is 17.5 Å². The van der Waals surface area contributed by atoms with E-state index in [-0.39, 0.29) is 18.0 Å². The van der Waals surface area contributed by atoms with Crippen LogP contribution in [0.1, 0.15) is 93.3 Å². The maximum absolute atomic E-state index is 12.7. The van der Waals surface area contributed by atoms with E-state index >= 15 is 0 Å². The first-order chi connectivity index (χ1) is 13.1. The van der Waals surface area contributed by atoms with Gasteiger partial charge in [-0.25, -0.2) is 0 Å². The van der Waals surface area contributed by atoms with E-state index in [1.165, 1.54) is 32.1 Å². The lowest BCUT2D eigenvalue weighted by Gasteiger charge is -2.38. The molecule has 0 bridgehead atoms. The summed E-state index contributed by atoms with van der Waals surface area (Å²) in [5, 5.41) is 7.00. The van der Waals surface area contributed by atoms with Crippen LogP contribution < -0.4 is 5.32 Å². The summed E-state index contributed by atoms with van der Waals surface area (Å²) < 4.78 is 5.28. The van der Waals surface area contributed by atoms with Gasteiger partial charge >= 0.3 is 0 Å². The predicted molar refractivity (Wildman–Crippen MR) is 101 cm³/mol. The molecule has 1 saturated heterocycles. The summed E-state index contributed by atoms with van der Waals surface area (Å²) >= 11 is 0. The second-order valence-electron chi connectivity index (χ2n) is 8.73. The first kappa shape index (κ1) is 18.5. The third kappa shape index (κ3) is 4.53. The monoisotopic (exact) mass is 373 g/mol. The molecule has 1 N–H and O–H groups in total. The second-order valence-corrected chi connectivity index (χ2v) is 8.73. The van der Waals surface area contributed by atoms with Crippen LogP contribution in [0.25, 0.3) is 0 Å². The lowest BCUT2D eigenvalue weighted by molar-refractivity contribution is -0.136. The second kappa shape index (κ2) is 8.03. The van der Waals surface area contributed by atoms with Crippen LogP contribution in [-0.4, -0.2) is 40.5 Å². The average molecular weight is 373 g/mol. The number of carbonyl (C=O) groups excluding carboxylic acids is 2. The van der Waals surface area contributed by atoms with Crippen LogP contribution in [0.15, 0.2) is 10.6 Å². The zero-order valence-electron chi connectivity index (χ0n) is 16.3. The van der Waals surface area contributed by atoms with Crippen molar-refractivity contribution in [3.63, 3.8) is 0 Å². The Kier molecular flexibility index (Phi) is 5.50. The Morgan fingerprint density at radius 2 is 1.96 bits per heavy atom. The van der Waals surface area contributed by atoms with Crippen molar-refractivity contribution >= 4 is 11.8 Å². The number of likely N-dealkylation sites (tertiary alicyclic amines) is 1. The largest absolute Gasteiger partial charge is 0.360 e. The van der Waals surface area contributed by atoms with Crippen molar-refractivity contribution in [3.8, 4) is 0 Å². The van der Waals surface area contributed by atoms with E-state index < -0.39 is 0 Å². The third-order valence-electron chi connectivity index (χ3n) is 6.46. The van der Waals surface area contributed by atoms with Gasteiger partial charge in [0.15, 0.2) is 5.69 Å². The fraction of sp³-hybridized carbons (Fsp3) is 0.762. The molecule has 2 heterocycles. The molecule has 2 saturated carbocycles. The summed E-state index contributed by atoms with van der Waals surface area (Å²) in [7, 11) is 0. The number of rotatable bonds is 5. The summed E-state index contributed by atoms with van der Waals surface area (Å²) in [4.78, 5) is 27.2. The normalized spacial score (nSPS) is 26.8. The Morgan fingerprint density at radius 3 is 2.67 bits per heavy atom. The van der Waals surface area contributed by atoms with Crippen molar-refractivity contribution in [2.24, 2.45) is 5.92 Å². The molecule has 4 rings (SSSR count). The Morgan fingerprint density at radius 1 is 1.19 bits per heavy atom. The van der Waals surface area contributed by atoms with E-state index in [1.54, 1.807) is 6.07 Å². The third-order valence-corrected chi connectivity index (χ3v) is 6.46. The van der Waals surface area contributed by atoms with E-state index in [9.17, 15) is 9.59 Å². The maximum Gasteiger partial charge on any atom is 0.273 e. The number of piperidine rings is 1. The van der Waals surface area contributed by atoms with E-state index in [4.69, 9.17) is 4.52 Å². The predicted octanol–water partition coefficient (Wildman–Crippen LogP) is 3.63. The van der Waals surface area contributed by atoms with Gasteiger partial charge in [-0.3, -0.25) is 9.59 Å². The molecule has 6 nitrogen and oxygen atoms in total. The first-order valence-corrected chi connectivity index (χ1v) is 10.7. The van der Waals surface area contributed by atoms with E-state index in [0.29, 0.717) is 29.9 Å².